The number of carbonyl (C=O) groups is 2. The lowest BCUT2D eigenvalue weighted by molar-refractivity contribution is -0.190. The van der Waals surface area contributed by atoms with Gasteiger partial charge < -0.3 is 9.47 Å². The van der Waals surface area contributed by atoms with Gasteiger partial charge in [-0.25, -0.2) is 0 Å². The molecule has 0 aromatic rings. The highest BCUT2D eigenvalue weighted by molar-refractivity contribution is 5.77. The molecule has 0 saturated carbocycles. The van der Waals surface area contributed by atoms with Crippen LogP contribution in [0.4, 0.5) is 0 Å². The number of hydrogen-bond donors (Lipinski definition) is 0. The molecule has 0 radical (unpaired) electrons. The van der Waals surface area contributed by atoms with E-state index in [9.17, 15) is 9.59 Å². The van der Waals surface area contributed by atoms with Crippen LogP contribution >= 0.6 is 0 Å². The summed E-state index contributed by atoms with van der Waals surface area (Å²) in [4.78, 5) is 23.2. The maximum absolute atomic E-state index is 11.6. The predicted octanol–water partition coefficient (Wildman–Crippen LogP) is 2.68. The summed E-state index contributed by atoms with van der Waals surface area (Å²) in [6.07, 6.45) is 0.251. The van der Waals surface area contributed by atoms with Crippen molar-refractivity contribution in [2.45, 2.75) is 47.8 Å². The summed E-state index contributed by atoms with van der Waals surface area (Å²) in [6.45, 7) is 13.8. The third-order valence-corrected chi connectivity index (χ3v) is 1.86. The van der Waals surface area contributed by atoms with Gasteiger partial charge in [0.15, 0.2) is 0 Å². The van der Waals surface area contributed by atoms with Crippen LogP contribution in [-0.2, 0) is 19.1 Å². The molecule has 17 heavy (non-hydrogen) atoms. The van der Waals surface area contributed by atoms with Crippen molar-refractivity contribution < 1.29 is 19.1 Å². The number of hydrogen-bond acceptors (Lipinski definition) is 4. The molecule has 0 unspecified atom stereocenters. The van der Waals surface area contributed by atoms with Crippen molar-refractivity contribution in [3.63, 3.8) is 0 Å². The molecular weight excluding hydrogens is 220 g/mol. The molecule has 0 aromatic heterocycles. The van der Waals surface area contributed by atoms with Crippen LogP contribution in [0, 0.1) is 10.8 Å². The van der Waals surface area contributed by atoms with E-state index in [2.05, 4.69) is 6.58 Å². The normalized spacial score (nSPS) is 12.2. The van der Waals surface area contributed by atoms with E-state index < -0.39 is 29.1 Å². The molecule has 0 aliphatic rings. The molecule has 0 aliphatic heterocycles. The lowest BCUT2D eigenvalue weighted by Gasteiger charge is -2.24. The number of carbonyl (C=O) groups excluding carboxylic acids is 2. The van der Waals surface area contributed by atoms with Gasteiger partial charge >= 0.3 is 11.9 Å². The Balaban J connectivity index is 4.53. The standard InChI is InChI=1S/C13H22O4/c1-8-9(16-10(14)12(2,3)4)17-11(15)13(5,6)7/h8-9H,1H2,2-7H3. The molecule has 0 N–H and O–H groups in total. The molecule has 4 nitrogen and oxygen atoms in total. The van der Waals surface area contributed by atoms with Gasteiger partial charge in [0.05, 0.1) is 10.8 Å². The Morgan fingerprint density at radius 3 is 1.41 bits per heavy atom. The van der Waals surface area contributed by atoms with Gasteiger partial charge in [-0.2, -0.15) is 0 Å². The Hall–Kier alpha value is -1.32. The Morgan fingerprint density at radius 2 is 1.24 bits per heavy atom. The zero-order valence-corrected chi connectivity index (χ0v) is 11.5. The van der Waals surface area contributed by atoms with Gasteiger partial charge in [-0.05, 0) is 47.6 Å². The van der Waals surface area contributed by atoms with Crippen molar-refractivity contribution in [2.75, 3.05) is 0 Å². The van der Waals surface area contributed by atoms with Crippen LogP contribution in [0.1, 0.15) is 41.5 Å². The van der Waals surface area contributed by atoms with Crippen LogP contribution < -0.4 is 0 Å². The van der Waals surface area contributed by atoms with E-state index in [0.29, 0.717) is 0 Å². The second kappa shape index (κ2) is 5.34. The first-order valence-electron chi connectivity index (χ1n) is 5.53. The van der Waals surface area contributed by atoms with E-state index in [1.807, 2.05) is 0 Å². The molecule has 0 rings (SSSR count). The predicted molar refractivity (Wildman–Crippen MR) is 65.1 cm³/mol. The van der Waals surface area contributed by atoms with Gasteiger partial charge in [0.25, 0.3) is 6.29 Å². The minimum atomic E-state index is -1.03. The monoisotopic (exact) mass is 242 g/mol. The fourth-order valence-electron chi connectivity index (χ4n) is 0.685. The highest BCUT2D eigenvalue weighted by Crippen LogP contribution is 2.20. The maximum Gasteiger partial charge on any atom is 0.314 e. The van der Waals surface area contributed by atoms with Crippen LogP contribution in [0.5, 0.6) is 0 Å². The number of ether oxygens (including phenoxy) is 2. The smallest absolute Gasteiger partial charge is 0.314 e. The summed E-state index contributed by atoms with van der Waals surface area (Å²) in [5, 5.41) is 0. The van der Waals surface area contributed by atoms with E-state index in [1.165, 1.54) is 6.08 Å². The van der Waals surface area contributed by atoms with Crippen LogP contribution in [0.3, 0.4) is 0 Å². The van der Waals surface area contributed by atoms with Crippen molar-refractivity contribution in [3.05, 3.63) is 12.7 Å². The van der Waals surface area contributed by atoms with Crippen molar-refractivity contribution in [2.24, 2.45) is 10.8 Å². The minimum absolute atomic E-state index is 0.441. The van der Waals surface area contributed by atoms with Crippen LogP contribution in [0.25, 0.3) is 0 Å². The molecule has 0 spiro atoms. The lowest BCUT2D eigenvalue weighted by Crippen LogP contribution is -2.33. The quantitative estimate of drug-likeness (QED) is 0.434. The summed E-state index contributed by atoms with van der Waals surface area (Å²) >= 11 is 0. The summed E-state index contributed by atoms with van der Waals surface area (Å²) in [5.41, 5.74) is -1.29. The van der Waals surface area contributed by atoms with Crippen LogP contribution in [0.2, 0.25) is 0 Å². The molecule has 98 valence electrons. The summed E-state index contributed by atoms with van der Waals surface area (Å²) < 4.78 is 10.1. The van der Waals surface area contributed by atoms with E-state index >= 15 is 0 Å². The van der Waals surface area contributed by atoms with E-state index in [4.69, 9.17) is 9.47 Å². The van der Waals surface area contributed by atoms with E-state index in [1.54, 1.807) is 41.5 Å². The van der Waals surface area contributed by atoms with Gasteiger partial charge in [0.2, 0.25) is 0 Å². The highest BCUT2D eigenvalue weighted by Gasteiger charge is 2.30. The molecule has 0 saturated heterocycles. The third kappa shape index (κ3) is 5.52. The van der Waals surface area contributed by atoms with Crippen molar-refractivity contribution >= 4 is 11.9 Å². The maximum atomic E-state index is 11.6. The molecule has 0 heterocycles. The minimum Gasteiger partial charge on any atom is -0.421 e. The lowest BCUT2D eigenvalue weighted by atomic mass is 9.97. The summed E-state index contributed by atoms with van der Waals surface area (Å²) in [5.74, 6) is -0.881. The van der Waals surface area contributed by atoms with Crippen molar-refractivity contribution in [1.29, 1.82) is 0 Å². The second-order valence-corrected chi connectivity index (χ2v) is 5.91. The number of esters is 2. The first kappa shape index (κ1) is 15.7. The highest BCUT2D eigenvalue weighted by atomic mass is 16.7. The van der Waals surface area contributed by atoms with E-state index in [0.717, 1.165) is 0 Å². The Kier molecular flexibility index (Phi) is 4.93. The topological polar surface area (TPSA) is 52.6 Å². The van der Waals surface area contributed by atoms with Gasteiger partial charge in [-0.15, -0.1) is 0 Å². The third-order valence-electron chi connectivity index (χ3n) is 1.86. The summed E-state index contributed by atoms with van der Waals surface area (Å²) in [6, 6.07) is 0. The van der Waals surface area contributed by atoms with Crippen molar-refractivity contribution in [1.82, 2.24) is 0 Å². The van der Waals surface area contributed by atoms with Crippen LogP contribution in [0.15, 0.2) is 12.7 Å². The molecule has 0 aliphatic carbocycles. The largest absolute Gasteiger partial charge is 0.421 e. The molecule has 0 bridgehead atoms. The van der Waals surface area contributed by atoms with Crippen LogP contribution in [-0.4, -0.2) is 18.2 Å². The fourth-order valence-corrected chi connectivity index (χ4v) is 0.685. The molecule has 0 amide bonds. The van der Waals surface area contributed by atoms with Gasteiger partial charge in [-0.3, -0.25) is 9.59 Å². The Bertz CT molecular complexity index is 276. The molecule has 4 heteroatoms. The first-order chi connectivity index (χ1) is 7.48. The Labute approximate surface area is 103 Å². The van der Waals surface area contributed by atoms with E-state index in [-0.39, 0.29) is 0 Å². The average molecular weight is 242 g/mol. The first-order valence-corrected chi connectivity index (χ1v) is 5.53. The zero-order valence-electron chi connectivity index (χ0n) is 11.5. The SMILES string of the molecule is C=CC(OC(=O)C(C)(C)C)OC(=O)C(C)(C)C. The van der Waals surface area contributed by atoms with Gasteiger partial charge in [0.1, 0.15) is 0 Å². The molecule has 0 aromatic carbocycles. The molecule has 0 atom stereocenters. The average Bonchev–Trinajstić information content (AvgIpc) is 2.13. The second-order valence-electron chi connectivity index (χ2n) is 5.91. The Morgan fingerprint density at radius 1 is 0.941 bits per heavy atom. The van der Waals surface area contributed by atoms with Crippen molar-refractivity contribution in [3.8, 4) is 0 Å². The van der Waals surface area contributed by atoms with Gasteiger partial charge in [-0.1, -0.05) is 6.58 Å². The molecule has 0 fully saturated rings. The fraction of sp³-hybridized carbons (Fsp3) is 0.692. The van der Waals surface area contributed by atoms with Gasteiger partial charge in [0, 0.05) is 0 Å². The molecular formula is C13H22O4. The number of rotatable bonds is 3. The zero-order chi connectivity index (χ0) is 13.9. The summed E-state index contributed by atoms with van der Waals surface area (Å²) in [7, 11) is 0.